The average molecular weight is 149 g/mol. The number of hydrogen-bond donors (Lipinski definition) is 0. The van der Waals surface area contributed by atoms with Crippen LogP contribution in [0.4, 0.5) is 0 Å². The summed E-state index contributed by atoms with van der Waals surface area (Å²) < 4.78 is 1.96. The quantitative estimate of drug-likeness (QED) is 0.346. The second-order valence-corrected chi connectivity index (χ2v) is 2.09. The molecule has 3 nitrogen and oxygen atoms in total. The van der Waals surface area contributed by atoms with Gasteiger partial charge in [-0.2, -0.15) is 4.99 Å². The van der Waals surface area contributed by atoms with Gasteiger partial charge in [-0.25, -0.2) is 9.36 Å². The maximum Gasteiger partial charge on any atom is 0.235 e. The van der Waals surface area contributed by atoms with Crippen molar-refractivity contribution in [2.45, 2.75) is 6.54 Å². The lowest BCUT2D eigenvalue weighted by Crippen LogP contribution is -2.33. The van der Waals surface area contributed by atoms with Crippen LogP contribution in [-0.4, -0.2) is 12.6 Å². The van der Waals surface area contributed by atoms with Crippen molar-refractivity contribution >= 4 is 6.08 Å². The summed E-state index contributed by atoms with van der Waals surface area (Å²) in [5.74, 6) is 0. The highest BCUT2D eigenvalue weighted by molar-refractivity contribution is 5.32. The summed E-state index contributed by atoms with van der Waals surface area (Å²) in [5, 5.41) is 0. The molecule has 0 spiro atoms. The molecule has 56 valence electrons. The minimum atomic E-state index is 0.498. The number of nitrogens with zero attached hydrogens (tertiary/aromatic N) is 2. The molecule has 1 rings (SSSR count). The molecular weight excluding hydrogens is 140 g/mol. The zero-order chi connectivity index (χ0) is 7.94. The van der Waals surface area contributed by atoms with Crippen LogP contribution in [0, 0.1) is 0 Å². The Hall–Kier alpha value is -1.47. The molecule has 0 N–H and O–H groups in total. The Morgan fingerprint density at radius 2 is 2.00 bits per heavy atom. The van der Waals surface area contributed by atoms with Crippen molar-refractivity contribution in [2.24, 2.45) is 4.99 Å². The molecule has 11 heavy (non-hydrogen) atoms. The minimum absolute atomic E-state index is 0.498. The standard InChI is InChI=1S/C8H9N2O/c11-8-9-4-7-10-5-2-1-3-6-10/h1-3,5-6H,4,7H2/q+1. The average Bonchev–Trinajstić information content (AvgIpc) is 2.07. The van der Waals surface area contributed by atoms with Crippen LogP contribution in [0.15, 0.2) is 35.6 Å². The van der Waals surface area contributed by atoms with E-state index in [1.807, 2.05) is 35.2 Å². The van der Waals surface area contributed by atoms with Gasteiger partial charge < -0.3 is 0 Å². The minimum Gasteiger partial charge on any atom is -0.211 e. The van der Waals surface area contributed by atoms with Gasteiger partial charge in [0.2, 0.25) is 6.08 Å². The lowest BCUT2D eigenvalue weighted by Gasteiger charge is -1.88. The van der Waals surface area contributed by atoms with Crippen LogP contribution >= 0.6 is 0 Å². The number of aromatic nitrogens is 1. The summed E-state index contributed by atoms with van der Waals surface area (Å²) in [6.45, 7) is 1.23. The number of pyridine rings is 1. The zero-order valence-corrected chi connectivity index (χ0v) is 6.10. The predicted octanol–water partition coefficient (Wildman–Crippen LogP) is 0.310. The maximum absolute atomic E-state index is 9.69. The van der Waals surface area contributed by atoms with Crippen molar-refractivity contribution in [3.8, 4) is 0 Å². The Morgan fingerprint density at radius 1 is 1.27 bits per heavy atom. The molecule has 0 radical (unpaired) electrons. The number of isocyanates is 1. The SMILES string of the molecule is O=C=NCC[n+]1ccccc1. The smallest absolute Gasteiger partial charge is 0.211 e. The fraction of sp³-hybridized carbons (Fsp3) is 0.250. The van der Waals surface area contributed by atoms with E-state index in [0.29, 0.717) is 6.54 Å². The fourth-order valence-electron chi connectivity index (χ4n) is 0.795. The van der Waals surface area contributed by atoms with Gasteiger partial charge in [0, 0.05) is 12.1 Å². The first-order valence-electron chi connectivity index (χ1n) is 3.41. The Balaban J connectivity index is 2.45. The van der Waals surface area contributed by atoms with E-state index in [1.165, 1.54) is 6.08 Å². The molecule has 3 heteroatoms. The van der Waals surface area contributed by atoms with Gasteiger partial charge in [-0.15, -0.1) is 0 Å². The van der Waals surface area contributed by atoms with Gasteiger partial charge in [-0.1, -0.05) is 6.07 Å². The van der Waals surface area contributed by atoms with Crippen LogP contribution in [-0.2, 0) is 11.3 Å². The van der Waals surface area contributed by atoms with E-state index in [1.54, 1.807) is 0 Å². The van der Waals surface area contributed by atoms with Crippen LogP contribution in [0.2, 0.25) is 0 Å². The zero-order valence-electron chi connectivity index (χ0n) is 6.10. The van der Waals surface area contributed by atoms with Gasteiger partial charge in [-0.05, 0) is 0 Å². The first kappa shape index (κ1) is 7.63. The van der Waals surface area contributed by atoms with Crippen LogP contribution in [0.5, 0.6) is 0 Å². The molecule has 0 amide bonds. The van der Waals surface area contributed by atoms with E-state index in [9.17, 15) is 4.79 Å². The Morgan fingerprint density at radius 3 is 2.64 bits per heavy atom. The highest BCUT2D eigenvalue weighted by atomic mass is 16.1. The highest BCUT2D eigenvalue weighted by Gasteiger charge is 1.93. The molecule has 1 aromatic rings. The summed E-state index contributed by atoms with van der Waals surface area (Å²) in [6.07, 6.45) is 5.36. The van der Waals surface area contributed by atoms with E-state index in [2.05, 4.69) is 4.99 Å². The van der Waals surface area contributed by atoms with E-state index in [-0.39, 0.29) is 0 Å². The summed E-state index contributed by atoms with van der Waals surface area (Å²) in [6, 6.07) is 5.81. The van der Waals surface area contributed by atoms with Crippen molar-refractivity contribution in [1.29, 1.82) is 0 Å². The normalized spacial score (nSPS) is 8.73. The molecule has 0 bridgehead atoms. The van der Waals surface area contributed by atoms with E-state index in [0.717, 1.165) is 6.54 Å². The highest BCUT2D eigenvalue weighted by Crippen LogP contribution is 1.76. The third-order valence-corrected chi connectivity index (χ3v) is 1.31. The van der Waals surface area contributed by atoms with Gasteiger partial charge >= 0.3 is 0 Å². The molecular formula is C8H9N2O+. The molecule has 0 aromatic carbocycles. The second-order valence-electron chi connectivity index (χ2n) is 2.09. The molecule has 1 aromatic heterocycles. The molecule has 0 saturated heterocycles. The number of hydrogen-bond acceptors (Lipinski definition) is 2. The number of rotatable bonds is 3. The fourth-order valence-corrected chi connectivity index (χ4v) is 0.795. The van der Waals surface area contributed by atoms with E-state index in [4.69, 9.17) is 0 Å². The molecule has 0 aliphatic carbocycles. The first-order chi connectivity index (χ1) is 5.43. The molecule has 0 unspecified atom stereocenters. The molecule has 0 atom stereocenters. The van der Waals surface area contributed by atoms with Crippen molar-refractivity contribution in [3.63, 3.8) is 0 Å². The Kier molecular flexibility index (Phi) is 3.03. The first-order valence-corrected chi connectivity index (χ1v) is 3.41. The van der Waals surface area contributed by atoms with Gasteiger partial charge in [0.25, 0.3) is 0 Å². The lowest BCUT2D eigenvalue weighted by atomic mass is 10.5. The van der Waals surface area contributed by atoms with Gasteiger partial charge in [0.1, 0.15) is 6.54 Å². The Bertz CT molecular complexity index is 252. The predicted molar refractivity (Wildman–Crippen MR) is 39.6 cm³/mol. The molecule has 0 aliphatic heterocycles. The van der Waals surface area contributed by atoms with Crippen LogP contribution in [0.3, 0.4) is 0 Å². The Labute approximate surface area is 65.0 Å². The second kappa shape index (κ2) is 4.36. The lowest BCUT2D eigenvalue weighted by molar-refractivity contribution is -0.694. The number of carbonyl (C=O) groups excluding carboxylic acids is 1. The molecule has 0 aliphatic rings. The van der Waals surface area contributed by atoms with Crippen LogP contribution in [0.1, 0.15) is 0 Å². The van der Waals surface area contributed by atoms with Crippen molar-refractivity contribution in [2.75, 3.05) is 6.54 Å². The van der Waals surface area contributed by atoms with Gasteiger partial charge in [-0.3, -0.25) is 0 Å². The van der Waals surface area contributed by atoms with E-state index >= 15 is 0 Å². The summed E-state index contributed by atoms with van der Waals surface area (Å²) in [4.78, 5) is 13.1. The maximum atomic E-state index is 9.69. The van der Waals surface area contributed by atoms with Gasteiger partial charge in [0.05, 0.1) is 0 Å². The van der Waals surface area contributed by atoms with E-state index < -0.39 is 0 Å². The van der Waals surface area contributed by atoms with Crippen molar-refractivity contribution in [1.82, 2.24) is 0 Å². The van der Waals surface area contributed by atoms with Crippen LogP contribution in [0.25, 0.3) is 0 Å². The largest absolute Gasteiger partial charge is 0.235 e. The topological polar surface area (TPSA) is 33.3 Å². The summed E-state index contributed by atoms with van der Waals surface area (Å²) >= 11 is 0. The van der Waals surface area contributed by atoms with Gasteiger partial charge in [0.15, 0.2) is 18.9 Å². The monoisotopic (exact) mass is 149 g/mol. The van der Waals surface area contributed by atoms with Crippen LogP contribution < -0.4 is 4.57 Å². The third kappa shape index (κ3) is 2.74. The molecule has 1 heterocycles. The number of aliphatic imine (C=N–C) groups is 1. The molecule has 0 saturated carbocycles. The summed E-state index contributed by atoms with van der Waals surface area (Å²) in [7, 11) is 0. The summed E-state index contributed by atoms with van der Waals surface area (Å²) in [5.41, 5.74) is 0. The third-order valence-electron chi connectivity index (χ3n) is 1.31. The molecule has 0 fully saturated rings. The van der Waals surface area contributed by atoms with Crippen molar-refractivity contribution < 1.29 is 9.36 Å². The van der Waals surface area contributed by atoms with Crippen molar-refractivity contribution in [3.05, 3.63) is 30.6 Å².